The van der Waals surface area contributed by atoms with Gasteiger partial charge in [0, 0.05) is 44.0 Å². The molecule has 2 aromatic heterocycles. The number of anilines is 1. The van der Waals surface area contributed by atoms with Crippen molar-refractivity contribution in [3.05, 3.63) is 35.5 Å². The quantitative estimate of drug-likeness (QED) is 0.915. The molecule has 1 aliphatic carbocycles. The molecule has 1 atom stereocenters. The number of aromatic nitrogens is 4. The van der Waals surface area contributed by atoms with Crippen molar-refractivity contribution in [1.29, 1.82) is 0 Å². The molecule has 0 radical (unpaired) electrons. The van der Waals surface area contributed by atoms with Crippen molar-refractivity contribution in [2.24, 2.45) is 7.05 Å². The molecule has 3 heterocycles. The average molecular weight is 326 g/mol. The van der Waals surface area contributed by atoms with Crippen LogP contribution in [0.1, 0.15) is 55.2 Å². The fourth-order valence-electron chi connectivity index (χ4n) is 3.87. The van der Waals surface area contributed by atoms with E-state index in [9.17, 15) is 0 Å². The van der Waals surface area contributed by atoms with E-state index in [1.54, 1.807) is 0 Å². The standard InChI is InChI=1S/C18H26N6/c1-13-20-16(9-18(21-13)22-15-5-3-4-6-15)17-7-8-24(17)12-14-10-19-23(2)11-14/h9-11,15,17H,3-8,12H2,1-2H3,(H,20,21,22). The molecule has 2 fully saturated rings. The summed E-state index contributed by atoms with van der Waals surface area (Å²) in [6.07, 6.45) is 10.4. The normalized spacial score (nSPS) is 21.8. The van der Waals surface area contributed by atoms with Gasteiger partial charge in [0.2, 0.25) is 0 Å². The molecule has 0 spiro atoms. The first kappa shape index (κ1) is 15.6. The zero-order chi connectivity index (χ0) is 16.5. The zero-order valence-electron chi connectivity index (χ0n) is 14.6. The van der Waals surface area contributed by atoms with Gasteiger partial charge in [-0.2, -0.15) is 5.10 Å². The Morgan fingerprint density at radius 1 is 1.21 bits per heavy atom. The summed E-state index contributed by atoms with van der Waals surface area (Å²) in [7, 11) is 1.96. The molecule has 2 aliphatic rings. The van der Waals surface area contributed by atoms with Gasteiger partial charge in [-0.25, -0.2) is 9.97 Å². The van der Waals surface area contributed by atoms with Crippen LogP contribution in [0, 0.1) is 6.92 Å². The summed E-state index contributed by atoms with van der Waals surface area (Å²) in [5.41, 5.74) is 2.41. The van der Waals surface area contributed by atoms with Crippen molar-refractivity contribution < 1.29 is 0 Å². The van der Waals surface area contributed by atoms with Gasteiger partial charge in [-0.3, -0.25) is 9.58 Å². The summed E-state index contributed by atoms with van der Waals surface area (Å²) in [5, 5.41) is 7.88. The van der Waals surface area contributed by atoms with E-state index in [1.165, 1.54) is 37.7 Å². The topological polar surface area (TPSA) is 58.9 Å². The molecule has 0 amide bonds. The van der Waals surface area contributed by atoms with Gasteiger partial charge in [0.15, 0.2) is 0 Å². The van der Waals surface area contributed by atoms with E-state index >= 15 is 0 Å². The molecule has 6 heteroatoms. The van der Waals surface area contributed by atoms with Gasteiger partial charge in [0.05, 0.1) is 17.9 Å². The number of rotatable bonds is 5. The van der Waals surface area contributed by atoms with E-state index in [0.29, 0.717) is 12.1 Å². The van der Waals surface area contributed by atoms with Crippen LogP contribution >= 0.6 is 0 Å². The van der Waals surface area contributed by atoms with Crippen LogP contribution in [-0.2, 0) is 13.6 Å². The van der Waals surface area contributed by atoms with E-state index in [2.05, 4.69) is 32.6 Å². The number of hydrogen-bond acceptors (Lipinski definition) is 5. The van der Waals surface area contributed by atoms with Crippen molar-refractivity contribution in [3.8, 4) is 0 Å². The minimum atomic E-state index is 0.399. The highest BCUT2D eigenvalue weighted by Crippen LogP contribution is 2.34. The Kier molecular flexibility index (Phi) is 4.22. The molecule has 1 N–H and O–H groups in total. The summed E-state index contributed by atoms with van der Waals surface area (Å²) < 4.78 is 1.86. The highest BCUT2D eigenvalue weighted by Gasteiger charge is 2.31. The predicted octanol–water partition coefficient (Wildman–Crippen LogP) is 2.82. The van der Waals surface area contributed by atoms with Crippen LogP contribution in [0.5, 0.6) is 0 Å². The second-order valence-electron chi connectivity index (χ2n) is 7.15. The molecule has 0 aromatic carbocycles. The highest BCUT2D eigenvalue weighted by molar-refractivity contribution is 5.38. The van der Waals surface area contributed by atoms with E-state index < -0.39 is 0 Å². The SMILES string of the molecule is Cc1nc(NC2CCCC2)cc(C2CCN2Cc2cnn(C)c2)n1. The van der Waals surface area contributed by atoms with Crippen molar-refractivity contribution in [1.82, 2.24) is 24.6 Å². The Labute approximate surface area is 143 Å². The first-order chi connectivity index (χ1) is 11.7. The lowest BCUT2D eigenvalue weighted by molar-refractivity contribution is 0.0785. The lowest BCUT2D eigenvalue weighted by atomic mass is 9.98. The Balaban J connectivity index is 1.47. The number of likely N-dealkylation sites (tertiary alicyclic amines) is 1. The lowest BCUT2D eigenvalue weighted by Crippen LogP contribution is -2.40. The number of nitrogens with zero attached hydrogens (tertiary/aromatic N) is 5. The third kappa shape index (κ3) is 3.29. The summed E-state index contributed by atoms with van der Waals surface area (Å²) >= 11 is 0. The summed E-state index contributed by atoms with van der Waals surface area (Å²) in [6, 6.07) is 3.14. The largest absolute Gasteiger partial charge is 0.367 e. The lowest BCUT2D eigenvalue weighted by Gasteiger charge is -2.40. The Morgan fingerprint density at radius 3 is 2.71 bits per heavy atom. The average Bonchev–Trinajstić information content (AvgIpc) is 3.15. The highest BCUT2D eigenvalue weighted by atomic mass is 15.3. The summed E-state index contributed by atoms with van der Waals surface area (Å²) in [4.78, 5) is 11.8. The van der Waals surface area contributed by atoms with Crippen LogP contribution in [0.3, 0.4) is 0 Å². The maximum absolute atomic E-state index is 4.71. The fourth-order valence-corrected chi connectivity index (χ4v) is 3.87. The fraction of sp³-hybridized carbons (Fsp3) is 0.611. The molecule has 0 bridgehead atoms. The summed E-state index contributed by atoms with van der Waals surface area (Å²) in [5.74, 6) is 1.86. The van der Waals surface area contributed by atoms with Crippen LogP contribution in [-0.4, -0.2) is 37.2 Å². The van der Waals surface area contributed by atoms with E-state index in [-0.39, 0.29) is 0 Å². The van der Waals surface area contributed by atoms with E-state index in [4.69, 9.17) is 4.98 Å². The minimum Gasteiger partial charge on any atom is -0.367 e. The van der Waals surface area contributed by atoms with Gasteiger partial charge in [0.25, 0.3) is 0 Å². The third-order valence-corrected chi connectivity index (χ3v) is 5.18. The van der Waals surface area contributed by atoms with Gasteiger partial charge >= 0.3 is 0 Å². The maximum atomic E-state index is 4.71. The molecule has 24 heavy (non-hydrogen) atoms. The first-order valence-corrected chi connectivity index (χ1v) is 9.01. The zero-order valence-corrected chi connectivity index (χ0v) is 14.6. The number of nitrogens with one attached hydrogen (secondary N) is 1. The Morgan fingerprint density at radius 2 is 2.04 bits per heavy atom. The molecule has 2 aromatic rings. The van der Waals surface area contributed by atoms with Crippen molar-refractivity contribution in [2.45, 2.75) is 57.7 Å². The van der Waals surface area contributed by atoms with Crippen LogP contribution < -0.4 is 5.32 Å². The van der Waals surface area contributed by atoms with E-state index in [0.717, 1.165) is 30.4 Å². The molecule has 1 saturated heterocycles. The number of aryl methyl sites for hydroxylation is 2. The molecular weight excluding hydrogens is 300 g/mol. The van der Waals surface area contributed by atoms with Crippen LogP contribution in [0.25, 0.3) is 0 Å². The Bertz CT molecular complexity index is 703. The monoisotopic (exact) mass is 326 g/mol. The summed E-state index contributed by atoms with van der Waals surface area (Å²) in [6.45, 7) is 4.05. The first-order valence-electron chi connectivity index (χ1n) is 9.01. The van der Waals surface area contributed by atoms with Crippen molar-refractivity contribution >= 4 is 5.82 Å². The molecule has 128 valence electrons. The molecule has 4 rings (SSSR count). The van der Waals surface area contributed by atoms with Gasteiger partial charge in [-0.1, -0.05) is 12.8 Å². The van der Waals surface area contributed by atoms with Gasteiger partial charge in [-0.05, 0) is 26.2 Å². The minimum absolute atomic E-state index is 0.399. The maximum Gasteiger partial charge on any atom is 0.130 e. The van der Waals surface area contributed by atoms with E-state index in [1.807, 2.05) is 24.9 Å². The van der Waals surface area contributed by atoms with Gasteiger partial charge in [-0.15, -0.1) is 0 Å². The molecule has 1 unspecified atom stereocenters. The van der Waals surface area contributed by atoms with Crippen molar-refractivity contribution in [2.75, 3.05) is 11.9 Å². The second-order valence-corrected chi connectivity index (χ2v) is 7.15. The van der Waals surface area contributed by atoms with Crippen LogP contribution in [0.2, 0.25) is 0 Å². The predicted molar refractivity (Wildman–Crippen MR) is 93.6 cm³/mol. The van der Waals surface area contributed by atoms with Crippen molar-refractivity contribution in [3.63, 3.8) is 0 Å². The molecular formula is C18H26N6. The van der Waals surface area contributed by atoms with Crippen LogP contribution in [0.15, 0.2) is 18.5 Å². The van der Waals surface area contributed by atoms with Gasteiger partial charge in [0.1, 0.15) is 11.6 Å². The molecule has 6 nitrogen and oxygen atoms in total. The number of hydrogen-bond donors (Lipinski definition) is 1. The Hall–Kier alpha value is -1.95. The molecule has 1 aliphatic heterocycles. The molecule has 1 saturated carbocycles. The van der Waals surface area contributed by atoms with Crippen LogP contribution in [0.4, 0.5) is 5.82 Å². The van der Waals surface area contributed by atoms with Gasteiger partial charge < -0.3 is 5.32 Å². The second kappa shape index (κ2) is 6.51. The third-order valence-electron chi connectivity index (χ3n) is 5.18. The smallest absolute Gasteiger partial charge is 0.130 e.